The molecule has 2 aromatic heterocycles. The standard InChI is InChI=1S/C22H21N7O2S/c30-29(31)17-6-4-16(5-7-17)13-18-14-24-19-15-25-22(26-21(19)32-18)28-11-9-27(10-12-28)20-3-1-2-8-23-20/h1-8,13,15,24H,9-12,14H2/b18-13+. The average molecular weight is 448 g/mol. The Hall–Kier alpha value is -3.66. The monoisotopic (exact) mass is 447 g/mol. The molecule has 2 aliphatic heterocycles. The van der Waals surface area contributed by atoms with E-state index in [1.54, 1.807) is 23.9 Å². The molecule has 0 unspecified atom stereocenters. The molecular weight excluding hydrogens is 426 g/mol. The molecule has 162 valence electrons. The van der Waals surface area contributed by atoms with E-state index in [1.165, 1.54) is 12.1 Å². The molecule has 1 saturated heterocycles. The number of rotatable bonds is 4. The number of nitrogens with zero attached hydrogens (tertiary/aromatic N) is 6. The predicted molar refractivity (Wildman–Crippen MR) is 126 cm³/mol. The molecule has 0 aliphatic carbocycles. The maximum Gasteiger partial charge on any atom is 0.269 e. The van der Waals surface area contributed by atoms with Crippen LogP contribution in [0, 0.1) is 10.1 Å². The van der Waals surface area contributed by atoms with Crippen molar-refractivity contribution < 1.29 is 4.92 Å². The first-order chi connectivity index (χ1) is 15.7. The largest absolute Gasteiger partial charge is 0.377 e. The van der Waals surface area contributed by atoms with Crippen LogP contribution in [0.25, 0.3) is 6.08 Å². The molecule has 9 nitrogen and oxygen atoms in total. The number of non-ortho nitro benzene ring substituents is 1. The smallest absolute Gasteiger partial charge is 0.269 e. The van der Waals surface area contributed by atoms with Crippen LogP contribution in [0.3, 0.4) is 0 Å². The van der Waals surface area contributed by atoms with Gasteiger partial charge in [-0.2, -0.15) is 0 Å². The second-order valence-corrected chi connectivity index (χ2v) is 8.58. The number of fused-ring (bicyclic) bond motifs is 1. The topological polar surface area (TPSA) is 100 Å². The first kappa shape index (κ1) is 20.3. The zero-order valence-corrected chi connectivity index (χ0v) is 18.0. The predicted octanol–water partition coefficient (Wildman–Crippen LogP) is 3.67. The normalized spacial score (nSPS) is 17.1. The van der Waals surface area contributed by atoms with E-state index >= 15 is 0 Å². The Morgan fingerprint density at radius 2 is 1.81 bits per heavy atom. The van der Waals surface area contributed by atoms with Crippen molar-refractivity contribution in [3.63, 3.8) is 0 Å². The molecule has 10 heteroatoms. The van der Waals surface area contributed by atoms with Gasteiger partial charge in [-0.1, -0.05) is 17.8 Å². The van der Waals surface area contributed by atoms with Crippen molar-refractivity contribution in [2.75, 3.05) is 47.8 Å². The van der Waals surface area contributed by atoms with Gasteiger partial charge >= 0.3 is 0 Å². The summed E-state index contributed by atoms with van der Waals surface area (Å²) in [5.41, 5.74) is 1.93. The molecule has 1 aromatic carbocycles. The third kappa shape index (κ3) is 4.35. The molecule has 0 radical (unpaired) electrons. The van der Waals surface area contributed by atoms with Crippen molar-refractivity contribution in [1.82, 2.24) is 15.0 Å². The Balaban J connectivity index is 1.27. The Morgan fingerprint density at radius 1 is 1.03 bits per heavy atom. The number of hydrogen-bond acceptors (Lipinski definition) is 9. The zero-order valence-electron chi connectivity index (χ0n) is 17.2. The quantitative estimate of drug-likeness (QED) is 0.365. The molecule has 0 bridgehead atoms. The average Bonchev–Trinajstić information content (AvgIpc) is 2.84. The minimum Gasteiger partial charge on any atom is -0.377 e. The molecule has 0 spiro atoms. The van der Waals surface area contributed by atoms with Crippen LogP contribution >= 0.6 is 11.8 Å². The van der Waals surface area contributed by atoms with E-state index < -0.39 is 4.92 Å². The zero-order chi connectivity index (χ0) is 21.9. The van der Waals surface area contributed by atoms with Crippen LogP contribution in [0.5, 0.6) is 0 Å². The lowest BCUT2D eigenvalue weighted by Crippen LogP contribution is -2.47. The van der Waals surface area contributed by atoms with Crippen molar-refractivity contribution in [3.05, 3.63) is 75.4 Å². The minimum atomic E-state index is -0.390. The highest BCUT2D eigenvalue weighted by molar-refractivity contribution is 8.03. The minimum absolute atomic E-state index is 0.0902. The van der Waals surface area contributed by atoms with E-state index in [2.05, 4.69) is 25.1 Å². The molecular formula is C22H21N7O2S. The molecule has 5 rings (SSSR count). The lowest BCUT2D eigenvalue weighted by molar-refractivity contribution is -0.384. The summed E-state index contributed by atoms with van der Waals surface area (Å²) in [4.78, 5) is 29.8. The van der Waals surface area contributed by atoms with Gasteiger partial charge in [-0.25, -0.2) is 15.0 Å². The van der Waals surface area contributed by atoms with E-state index in [0.29, 0.717) is 6.54 Å². The van der Waals surface area contributed by atoms with Crippen molar-refractivity contribution in [3.8, 4) is 0 Å². The van der Waals surface area contributed by atoms with Gasteiger partial charge in [0.1, 0.15) is 10.8 Å². The molecule has 3 aromatic rings. The molecule has 0 saturated carbocycles. The number of nitro groups is 1. The number of benzene rings is 1. The van der Waals surface area contributed by atoms with Gasteiger partial charge in [0.15, 0.2) is 0 Å². The molecule has 0 amide bonds. The fourth-order valence-corrected chi connectivity index (χ4v) is 4.64. The van der Waals surface area contributed by atoms with Gasteiger partial charge in [0.25, 0.3) is 5.69 Å². The van der Waals surface area contributed by atoms with E-state index in [9.17, 15) is 10.1 Å². The number of thioether (sulfide) groups is 1. The van der Waals surface area contributed by atoms with Crippen molar-refractivity contribution in [1.29, 1.82) is 0 Å². The van der Waals surface area contributed by atoms with Crippen molar-refractivity contribution >= 4 is 41.0 Å². The van der Waals surface area contributed by atoms with E-state index in [-0.39, 0.29) is 5.69 Å². The summed E-state index contributed by atoms with van der Waals surface area (Å²) in [6.45, 7) is 4.07. The number of anilines is 3. The number of nitro benzene ring substituents is 1. The van der Waals surface area contributed by atoms with Gasteiger partial charge in [0.2, 0.25) is 5.95 Å². The highest BCUT2D eigenvalue weighted by atomic mass is 32.2. The SMILES string of the molecule is O=[N+]([O-])c1ccc(/C=C2\CNc3cnc(N4CCN(c5ccccn5)CC4)nc3S2)cc1. The highest BCUT2D eigenvalue weighted by Crippen LogP contribution is 2.37. The Bertz CT molecular complexity index is 1150. The van der Waals surface area contributed by atoms with Gasteiger partial charge < -0.3 is 15.1 Å². The summed E-state index contributed by atoms with van der Waals surface area (Å²) in [7, 11) is 0. The number of pyridine rings is 1. The summed E-state index contributed by atoms with van der Waals surface area (Å²) >= 11 is 1.60. The first-order valence-electron chi connectivity index (χ1n) is 10.3. The summed E-state index contributed by atoms with van der Waals surface area (Å²) in [5, 5.41) is 15.1. The lowest BCUT2D eigenvalue weighted by Gasteiger charge is -2.35. The third-order valence-electron chi connectivity index (χ3n) is 5.39. The molecule has 1 fully saturated rings. The van der Waals surface area contributed by atoms with Crippen LogP contribution in [-0.2, 0) is 0 Å². The van der Waals surface area contributed by atoms with E-state index in [1.807, 2.05) is 36.7 Å². The third-order valence-corrected chi connectivity index (χ3v) is 6.42. The molecule has 4 heterocycles. The number of hydrogen-bond donors (Lipinski definition) is 1. The van der Waals surface area contributed by atoms with Crippen LogP contribution in [0.4, 0.5) is 23.1 Å². The van der Waals surface area contributed by atoms with Crippen LogP contribution in [0.15, 0.2) is 64.8 Å². The van der Waals surface area contributed by atoms with E-state index in [0.717, 1.165) is 59.1 Å². The summed E-state index contributed by atoms with van der Waals surface area (Å²) in [6.07, 6.45) is 5.69. The Kier molecular flexibility index (Phi) is 5.59. The van der Waals surface area contributed by atoms with Crippen molar-refractivity contribution in [2.24, 2.45) is 0 Å². The molecule has 32 heavy (non-hydrogen) atoms. The van der Waals surface area contributed by atoms with Crippen molar-refractivity contribution in [2.45, 2.75) is 5.03 Å². The maximum absolute atomic E-state index is 10.8. The Labute approximate surface area is 189 Å². The van der Waals surface area contributed by atoms with Gasteiger partial charge in [-0.15, -0.1) is 0 Å². The highest BCUT2D eigenvalue weighted by Gasteiger charge is 2.22. The second kappa shape index (κ2) is 8.83. The first-order valence-corrected chi connectivity index (χ1v) is 11.1. The fraction of sp³-hybridized carbons (Fsp3) is 0.227. The van der Waals surface area contributed by atoms with Crippen LogP contribution in [0.1, 0.15) is 5.56 Å². The number of nitrogens with one attached hydrogen (secondary N) is 1. The van der Waals surface area contributed by atoms with Crippen LogP contribution in [-0.4, -0.2) is 52.6 Å². The van der Waals surface area contributed by atoms with Gasteiger partial charge in [-0.05, 0) is 35.9 Å². The lowest BCUT2D eigenvalue weighted by atomic mass is 10.2. The molecule has 2 aliphatic rings. The maximum atomic E-state index is 10.8. The van der Waals surface area contributed by atoms with Crippen LogP contribution < -0.4 is 15.1 Å². The van der Waals surface area contributed by atoms with Gasteiger partial charge in [0.05, 0.1) is 16.8 Å². The number of aromatic nitrogens is 3. The van der Waals surface area contributed by atoms with Gasteiger partial charge in [0, 0.05) is 56.0 Å². The molecule has 0 atom stereocenters. The summed E-state index contributed by atoms with van der Waals surface area (Å²) in [6, 6.07) is 12.5. The summed E-state index contributed by atoms with van der Waals surface area (Å²) < 4.78 is 0. The Morgan fingerprint density at radius 3 is 2.53 bits per heavy atom. The van der Waals surface area contributed by atoms with Gasteiger partial charge in [-0.3, -0.25) is 10.1 Å². The number of piperazine rings is 1. The molecule has 1 N–H and O–H groups in total. The van der Waals surface area contributed by atoms with E-state index in [4.69, 9.17) is 4.98 Å². The van der Waals surface area contributed by atoms with Crippen LogP contribution in [0.2, 0.25) is 0 Å². The second-order valence-electron chi connectivity index (χ2n) is 7.47. The fourth-order valence-electron chi connectivity index (χ4n) is 3.69. The summed E-state index contributed by atoms with van der Waals surface area (Å²) in [5.74, 6) is 1.73.